The number of unbranched alkanes of at least 4 members (excludes halogenated alkanes) is 1. The fourth-order valence-electron chi connectivity index (χ4n) is 2.67. The number of amides is 1. The highest BCUT2D eigenvalue weighted by atomic mass is 32.2. The van der Waals surface area contributed by atoms with Gasteiger partial charge in [-0.25, -0.2) is 0 Å². The van der Waals surface area contributed by atoms with Crippen LogP contribution in [0.2, 0.25) is 0 Å². The molecule has 23 heavy (non-hydrogen) atoms. The van der Waals surface area contributed by atoms with E-state index in [0.29, 0.717) is 6.61 Å². The number of carbonyl (C=O) groups is 1. The quantitative estimate of drug-likeness (QED) is 0.747. The monoisotopic (exact) mass is 327 g/mol. The molecule has 4 heteroatoms. The first-order valence-electron chi connectivity index (χ1n) is 7.97. The van der Waals surface area contributed by atoms with Crippen molar-refractivity contribution in [2.45, 2.75) is 29.9 Å². The van der Waals surface area contributed by atoms with Gasteiger partial charge in [0, 0.05) is 11.9 Å². The van der Waals surface area contributed by atoms with Gasteiger partial charge in [-0.15, -0.1) is 11.8 Å². The fourth-order valence-corrected chi connectivity index (χ4v) is 3.99. The van der Waals surface area contributed by atoms with Crippen molar-refractivity contribution in [1.82, 2.24) is 0 Å². The molecule has 0 bridgehead atoms. The van der Waals surface area contributed by atoms with Crippen LogP contribution in [0.15, 0.2) is 53.4 Å². The summed E-state index contributed by atoms with van der Waals surface area (Å²) < 4.78 is 5.90. The van der Waals surface area contributed by atoms with Crippen molar-refractivity contribution in [1.29, 1.82) is 0 Å². The number of rotatable bonds is 5. The van der Waals surface area contributed by atoms with E-state index >= 15 is 0 Å². The summed E-state index contributed by atoms with van der Waals surface area (Å²) in [5, 5.41) is -0.195. The molecule has 2 aromatic carbocycles. The van der Waals surface area contributed by atoms with Crippen molar-refractivity contribution in [3.05, 3.63) is 54.1 Å². The van der Waals surface area contributed by atoms with Gasteiger partial charge in [-0.05, 0) is 24.1 Å². The zero-order valence-corrected chi connectivity index (χ0v) is 14.3. The van der Waals surface area contributed by atoms with Gasteiger partial charge in [0.2, 0.25) is 5.91 Å². The van der Waals surface area contributed by atoms with Gasteiger partial charge in [-0.2, -0.15) is 0 Å². The molecule has 0 aromatic heterocycles. The second kappa shape index (κ2) is 7.09. The second-order valence-corrected chi connectivity index (χ2v) is 6.76. The predicted octanol–water partition coefficient (Wildman–Crippen LogP) is 4.68. The average Bonchev–Trinajstić information content (AvgIpc) is 2.59. The molecule has 1 atom stereocenters. The molecule has 1 aliphatic rings. The summed E-state index contributed by atoms with van der Waals surface area (Å²) in [5.74, 6) is 0.894. The number of para-hydroxylation sites is 1. The van der Waals surface area contributed by atoms with Gasteiger partial charge in [0.05, 0.1) is 12.3 Å². The molecule has 2 aromatic rings. The van der Waals surface area contributed by atoms with Crippen LogP contribution < -0.4 is 9.64 Å². The summed E-state index contributed by atoms with van der Waals surface area (Å²) in [7, 11) is 1.84. The molecule has 3 nitrogen and oxygen atoms in total. The maximum absolute atomic E-state index is 12.8. The summed E-state index contributed by atoms with van der Waals surface area (Å²) in [5.41, 5.74) is 1.93. The van der Waals surface area contributed by atoms with Crippen LogP contribution in [0.5, 0.6) is 5.75 Å². The molecule has 1 amide bonds. The highest BCUT2D eigenvalue weighted by molar-refractivity contribution is 8.00. The zero-order chi connectivity index (χ0) is 16.2. The first-order chi connectivity index (χ1) is 11.2. The Labute approximate surface area is 141 Å². The van der Waals surface area contributed by atoms with Crippen LogP contribution in [-0.2, 0) is 4.79 Å². The lowest BCUT2D eigenvalue weighted by atomic mass is 10.1. The van der Waals surface area contributed by atoms with Crippen LogP contribution in [0.25, 0.3) is 0 Å². The average molecular weight is 327 g/mol. The minimum atomic E-state index is -0.195. The van der Waals surface area contributed by atoms with E-state index in [9.17, 15) is 4.79 Å². The van der Waals surface area contributed by atoms with Gasteiger partial charge in [-0.3, -0.25) is 4.79 Å². The summed E-state index contributed by atoms with van der Waals surface area (Å²) in [6.07, 6.45) is 2.11. The van der Waals surface area contributed by atoms with E-state index in [4.69, 9.17) is 4.74 Å². The van der Waals surface area contributed by atoms with Crippen molar-refractivity contribution >= 4 is 23.4 Å². The minimum absolute atomic E-state index is 0.0974. The lowest BCUT2D eigenvalue weighted by Gasteiger charge is -2.32. The lowest BCUT2D eigenvalue weighted by molar-refractivity contribution is -0.118. The Morgan fingerprint density at radius 1 is 1.13 bits per heavy atom. The summed E-state index contributed by atoms with van der Waals surface area (Å²) in [6, 6.07) is 15.9. The zero-order valence-electron chi connectivity index (χ0n) is 13.5. The van der Waals surface area contributed by atoms with E-state index in [-0.39, 0.29) is 11.2 Å². The third kappa shape index (κ3) is 3.22. The maximum atomic E-state index is 12.8. The Kier molecular flexibility index (Phi) is 4.91. The Morgan fingerprint density at radius 2 is 1.91 bits per heavy atom. The van der Waals surface area contributed by atoms with Gasteiger partial charge < -0.3 is 9.64 Å². The van der Waals surface area contributed by atoms with Crippen LogP contribution in [0.4, 0.5) is 5.69 Å². The normalized spacial score (nSPS) is 17.0. The standard InChI is InChI=1S/C19H21NO2S/c1-3-4-13-22-15-11-8-12-16-17(15)20(2)19(21)18(23-16)14-9-6-5-7-10-14/h5-12,18H,3-4,13H2,1-2H3. The van der Waals surface area contributed by atoms with E-state index in [1.807, 2.05) is 49.5 Å². The number of hydrogen-bond donors (Lipinski definition) is 0. The molecule has 3 rings (SSSR count). The third-order valence-corrected chi connectivity index (χ3v) is 5.25. The van der Waals surface area contributed by atoms with E-state index < -0.39 is 0 Å². The van der Waals surface area contributed by atoms with E-state index in [0.717, 1.165) is 34.7 Å². The number of likely N-dealkylation sites (N-methyl/N-ethyl adjacent to an activating group) is 1. The highest BCUT2D eigenvalue weighted by Crippen LogP contribution is 2.49. The van der Waals surface area contributed by atoms with Crippen molar-refractivity contribution in [3.8, 4) is 5.75 Å². The van der Waals surface area contributed by atoms with Crippen LogP contribution in [0.3, 0.4) is 0 Å². The number of nitrogens with zero attached hydrogens (tertiary/aromatic N) is 1. The van der Waals surface area contributed by atoms with E-state index in [1.54, 1.807) is 16.7 Å². The summed E-state index contributed by atoms with van der Waals surface area (Å²) in [4.78, 5) is 15.7. The van der Waals surface area contributed by atoms with Crippen molar-refractivity contribution in [2.24, 2.45) is 0 Å². The molecule has 0 N–H and O–H groups in total. The summed E-state index contributed by atoms with van der Waals surface area (Å²) >= 11 is 1.60. The molecule has 1 heterocycles. The Balaban J connectivity index is 1.92. The Bertz CT molecular complexity index is 687. The molecule has 0 radical (unpaired) electrons. The lowest BCUT2D eigenvalue weighted by Crippen LogP contribution is -2.34. The largest absolute Gasteiger partial charge is 0.491 e. The highest BCUT2D eigenvalue weighted by Gasteiger charge is 2.34. The molecule has 120 valence electrons. The minimum Gasteiger partial charge on any atom is -0.491 e. The second-order valence-electron chi connectivity index (χ2n) is 5.61. The van der Waals surface area contributed by atoms with Crippen molar-refractivity contribution in [3.63, 3.8) is 0 Å². The van der Waals surface area contributed by atoms with Crippen molar-refractivity contribution < 1.29 is 9.53 Å². The third-order valence-electron chi connectivity index (χ3n) is 3.95. The van der Waals surface area contributed by atoms with Crippen LogP contribution in [0.1, 0.15) is 30.6 Å². The predicted molar refractivity (Wildman–Crippen MR) is 95.3 cm³/mol. The molecular formula is C19H21NO2S. The van der Waals surface area contributed by atoms with Crippen LogP contribution >= 0.6 is 11.8 Å². The van der Waals surface area contributed by atoms with E-state index in [1.165, 1.54) is 0 Å². The first kappa shape index (κ1) is 15.9. The molecule has 0 saturated heterocycles. The fraction of sp³-hybridized carbons (Fsp3) is 0.316. The van der Waals surface area contributed by atoms with Gasteiger partial charge in [0.1, 0.15) is 11.0 Å². The molecule has 1 aliphatic heterocycles. The molecule has 0 fully saturated rings. The van der Waals surface area contributed by atoms with Crippen LogP contribution in [-0.4, -0.2) is 19.6 Å². The molecule has 0 aliphatic carbocycles. The number of carbonyl (C=O) groups excluding carboxylic acids is 1. The van der Waals surface area contributed by atoms with E-state index in [2.05, 4.69) is 13.0 Å². The molecule has 0 saturated carbocycles. The van der Waals surface area contributed by atoms with Gasteiger partial charge in [0.15, 0.2) is 0 Å². The Hall–Kier alpha value is -1.94. The topological polar surface area (TPSA) is 29.5 Å². The van der Waals surface area contributed by atoms with Crippen LogP contribution in [0, 0.1) is 0 Å². The number of thioether (sulfide) groups is 1. The van der Waals surface area contributed by atoms with Gasteiger partial charge in [-0.1, -0.05) is 49.7 Å². The number of fused-ring (bicyclic) bond motifs is 1. The number of anilines is 1. The molecule has 0 spiro atoms. The smallest absolute Gasteiger partial charge is 0.244 e. The SMILES string of the molecule is CCCCOc1cccc2c1N(C)C(=O)C(c1ccccc1)S2. The maximum Gasteiger partial charge on any atom is 0.244 e. The molecular weight excluding hydrogens is 306 g/mol. The van der Waals surface area contributed by atoms with Crippen molar-refractivity contribution in [2.75, 3.05) is 18.6 Å². The molecule has 1 unspecified atom stereocenters. The number of benzene rings is 2. The number of ether oxygens (including phenoxy) is 1. The summed E-state index contributed by atoms with van der Waals surface area (Å²) in [6.45, 7) is 2.82. The Morgan fingerprint density at radius 3 is 2.65 bits per heavy atom. The van der Waals surface area contributed by atoms with Gasteiger partial charge >= 0.3 is 0 Å². The number of hydrogen-bond acceptors (Lipinski definition) is 3. The first-order valence-corrected chi connectivity index (χ1v) is 8.85. The van der Waals surface area contributed by atoms with Gasteiger partial charge in [0.25, 0.3) is 0 Å².